The van der Waals surface area contributed by atoms with Crippen molar-refractivity contribution in [1.29, 1.82) is 0 Å². The first kappa shape index (κ1) is 24.8. The van der Waals surface area contributed by atoms with Gasteiger partial charge in [0.1, 0.15) is 11.8 Å². The molecule has 1 amide bonds. The SMILES string of the molecule is CC1(C)O[C@H](c2ccccc2)[C@H](c2ccccc2)N1C(=O)C(OS(C)(=O)=O)C(=O)c1ccccc1. The van der Waals surface area contributed by atoms with Crippen molar-refractivity contribution in [3.05, 3.63) is 108 Å². The van der Waals surface area contributed by atoms with Crippen molar-refractivity contribution < 1.29 is 26.9 Å². The van der Waals surface area contributed by atoms with Crippen LogP contribution in [-0.2, 0) is 23.8 Å². The Labute approximate surface area is 205 Å². The van der Waals surface area contributed by atoms with E-state index in [9.17, 15) is 18.0 Å². The Morgan fingerprint density at radius 2 is 1.34 bits per heavy atom. The summed E-state index contributed by atoms with van der Waals surface area (Å²) < 4.78 is 35.8. The van der Waals surface area contributed by atoms with Crippen LogP contribution in [-0.4, -0.2) is 43.1 Å². The van der Waals surface area contributed by atoms with Crippen LogP contribution in [0.2, 0.25) is 0 Å². The number of hydrogen-bond donors (Lipinski definition) is 0. The predicted octanol–water partition coefficient (Wildman–Crippen LogP) is 4.29. The zero-order chi connectivity index (χ0) is 25.2. The molecule has 4 rings (SSSR count). The number of rotatable bonds is 7. The Morgan fingerprint density at radius 1 is 0.857 bits per heavy atom. The van der Waals surface area contributed by atoms with Crippen molar-refractivity contribution in [3.8, 4) is 0 Å². The summed E-state index contributed by atoms with van der Waals surface area (Å²) in [6.07, 6.45) is -1.63. The van der Waals surface area contributed by atoms with E-state index in [1.807, 2.05) is 60.7 Å². The molecule has 0 N–H and O–H groups in total. The third-order valence-electron chi connectivity index (χ3n) is 5.86. The highest BCUT2D eigenvalue weighted by molar-refractivity contribution is 7.86. The first-order valence-corrected chi connectivity index (χ1v) is 13.0. The molecule has 0 aliphatic carbocycles. The van der Waals surface area contributed by atoms with E-state index >= 15 is 0 Å². The molecular formula is C27H27NO6S. The van der Waals surface area contributed by atoms with E-state index in [0.717, 1.165) is 17.4 Å². The third kappa shape index (κ3) is 5.35. The Morgan fingerprint density at radius 3 is 1.86 bits per heavy atom. The molecule has 0 spiro atoms. The lowest BCUT2D eigenvalue weighted by molar-refractivity contribution is -0.152. The van der Waals surface area contributed by atoms with E-state index in [0.29, 0.717) is 0 Å². The number of carbonyl (C=O) groups is 2. The van der Waals surface area contributed by atoms with Crippen LogP contribution in [0.4, 0.5) is 0 Å². The Kier molecular flexibility index (Phi) is 6.89. The molecule has 1 fully saturated rings. The Hall–Kier alpha value is -3.33. The quantitative estimate of drug-likeness (QED) is 0.277. The van der Waals surface area contributed by atoms with E-state index in [-0.39, 0.29) is 5.56 Å². The number of amides is 1. The molecule has 182 valence electrons. The second-order valence-corrected chi connectivity index (χ2v) is 10.5. The average Bonchev–Trinajstić information content (AvgIpc) is 3.14. The maximum absolute atomic E-state index is 14.0. The lowest BCUT2D eigenvalue weighted by Gasteiger charge is -2.35. The highest BCUT2D eigenvalue weighted by Gasteiger charge is 2.53. The van der Waals surface area contributed by atoms with Gasteiger partial charge in [-0.05, 0) is 25.0 Å². The fraction of sp³-hybridized carbons (Fsp3) is 0.259. The van der Waals surface area contributed by atoms with Gasteiger partial charge in [-0.3, -0.25) is 9.59 Å². The number of benzene rings is 3. The van der Waals surface area contributed by atoms with Gasteiger partial charge in [-0.1, -0.05) is 91.0 Å². The number of nitrogens with zero attached hydrogens (tertiary/aromatic N) is 1. The summed E-state index contributed by atoms with van der Waals surface area (Å²) in [5.74, 6) is -1.53. The zero-order valence-electron chi connectivity index (χ0n) is 19.7. The van der Waals surface area contributed by atoms with Crippen molar-refractivity contribution in [3.63, 3.8) is 0 Å². The summed E-state index contributed by atoms with van der Waals surface area (Å²) in [6.45, 7) is 3.43. The molecule has 35 heavy (non-hydrogen) atoms. The van der Waals surface area contributed by atoms with Crippen LogP contribution in [0.25, 0.3) is 0 Å². The van der Waals surface area contributed by atoms with Crippen LogP contribution in [0.1, 0.15) is 47.5 Å². The highest BCUT2D eigenvalue weighted by atomic mass is 32.2. The van der Waals surface area contributed by atoms with Crippen LogP contribution in [0, 0.1) is 0 Å². The number of ether oxygens (including phenoxy) is 1. The average molecular weight is 494 g/mol. The lowest BCUT2D eigenvalue weighted by atomic mass is 9.94. The van der Waals surface area contributed by atoms with Crippen molar-refractivity contribution in [2.45, 2.75) is 37.8 Å². The van der Waals surface area contributed by atoms with Crippen molar-refractivity contribution in [2.24, 2.45) is 0 Å². The van der Waals surface area contributed by atoms with Gasteiger partial charge in [0.15, 0.2) is 0 Å². The van der Waals surface area contributed by atoms with Gasteiger partial charge < -0.3 is 9.64 Å². The van der Waals surface area contributed by atoms with Gasteiger partial charge in [0.05, 0.1) is 12.3 Å². The molecular weight excluding hydrogens is 466 g/mol. The van der Waals surface area contributed by atoms with Gasteiger partial charge in [-0.25, -0.2) is 4.18 Å². The molecule has 3 aromatic carbocycles. The molecule has 8 heteroatoms. The summed E-state index contributed by atoms with van der Waals surface area (Å²) in [7, 11) is -4.15. The summed E-state index contributed by atoms with van der Waals surface area (Å²) in [5.41, 5.74) is 0.627. The fourth-order valence-corrected chi connectivity index (χ4v) is 4.94. The Bertz CT molecular complexity index is 1290. The highest BCUT2D eigenvalue weighted by Crippen LogP contribution is 2.49. The number of carbonyl (C=O) groups excluding carboxylic acids is 2. The number of ketones is 1. The molecule has 0 aromatic heterocycles. The minimum absolute atomic E-state index is 0.170. The number of hydrogen-bond acceptors (Lipinski definition) is 6. The van der Waals surface area contributed by atoms with Gasteiger partial charge in [-0.15, -0.1) is 0 Å². The third-order valence-corrected chi connectivity index (χ3v) is 6.40. The molecule has 3 atom stereocenters. The summed E-state index contributed by atoms with van der Waals surface area (Å²) >= 11 is 0. The van der Waals surface area contributed by atoms with Gasteiger partial charge in [-0.2, -0.15) is 8.42 Å². The van der Waals surface area contributed by atoms with E-state index < -0.39 is 45.8 Å². The minimum Gasteiger partial charge on any atom is -0.346 e. The second-order valence-electron chi connectivity index (χ2n) is 8.87. The first-order chi connectivity index (χ1) is 16.6. The molecule has 1 heterocycles. The van der Waals surface area contributed by atoms with Crippen LogP contribution in [0.15, 0.2) is 91.0 Å². The summed E-state index contributed by atoms with van der Waals surface area (Å²) in [4.78, 5) is 28.8. The van der Waals surface area contributed by atoms with Gasteiger partial charge in [0, 0.05) is 5.56 Å². The molecule has 1 unspecified atom stereocenters. The molecule has 1 aliphatic rings. The minimum atomic E-state index is -4.15. The van der Waals surface area contributed by atoms with Gasteiger partial charge >= 0.3 is 0 Å². The summed E-state index contributed by atoms with van der Waals surface area (Å²) in [5, 5.41) is 0. The van der Waals surface area contributed by atoms with E-state index in [1.165, 1.54) is 17.0 Å². The lowest BCUT2D eigenvalue weighted by Crippen LogP contribution is -2.52. The maximum Gasteiger partial charge on any atom is 0.265 e. The van der Waals surface area contributed by atoms with Gasteiger partial charge in [0.2, 0.25) is 11.9 Å². The largest absolute Gasteiger partial charge is 0.346 e. The van der Waals surface area contributed by atoms with Crippen molar-refractivity contribution in [1.82, 2.24) is 4.90 Å². The zero-order valence-corrected chi connectivity index (χ0v) is 20.5. The monoisotopic (exact) mass is 493 g/mol. The van der Waals surface area contributed by atoms with Crippen LogP contribution < -0.4 is 0 Å². The fourth-order valence-electron chi connectivity index (χ4n) is 4.42. The van der Waals surface area contributed by atoms with Crippen LogP contribution in [0.3, 0.4) is 0 Å². The Balaban J connectivity index is 1.83. The van der Waals surface area contributed by atoms with Crippen molar-refractivity contribution in [2.75, 3.05) is 6.26 Å². The van der Waals surface area contributed by atoms with Gasteiger partial charge in [0.25, 0.3) is 16.0 Å². The molecule has 0 bridgehead atoms. The van der Waals surface area contributed by atoms with E-state index in [1.54, 1.807) is 32.0 Å². The first-order valence-electron chi connectivity index (χ1n) is 11.2. The standard InChI is InChI=1S/C27H27NO6S/c1-27(2)28(26(30)25(34-35(3,31)32)23(29)20-15-9-5-10-16-20)22(19-13-7-4-8-14-19)24(33-27)21-17-11-6-12-18-21/h4-18,22,24-25H,1-3H3/t22-,24+,25?/m0/s1. The second kappa shape index (κ2) is 9.73. The summed E-state index contributed by atoms with van der Waals surface area (Å²) in [6, 6.07) is 26.2. The topological polar surface area (TPSA) is 90.0 Å². The maximum atomic E-state index is 14.0. The molecule has 7 nitrogen and oxygen atoms in total. The van der Waals surface area contributed by atoms with Crippen LogP contribution in [0.5, 0.6) is 0 Å². The van der Waals surface area contributed by atoms with E-state index in [4.69, 9.17) is 8.92 Å². The van der Waals surface area contributed by atoms with E-state index in [2.05, 4.69) is 0 Å². The molecule has 1 aliphatic heterocycles. The smallest absolute Gasteiger partial charge is 0.265 e. The molecule has 0 radical (unpaired) electrons. The molecule has 3 aromatic rings. The number of Topliss-reactive ketones (excluding diaryl/α,β-unsaturated/α-hetero) is 1. The predicted molar refractivity (Wildman–Crippen MR) is 131 cm³/mol. The van der Waals surface area contributed by atoms with Crippen LogP contribution >= 0.6 is 0 Å². The van der Waals surface area contributed by atoms with Crippen molar-refractivity contribution >= 4 is 21.8 Å². The normalized spacial score (nSPS) is 20.4. The molecule has 0 saturated carbocycles. The molecule has 1 saturated heterocycles.